The number of nitrogens with two attached hydrogens (primary N) is 1. The standard InChI is InChI=1S/C17H21FN6O3S/c1-17(10-28(25,26)24(2)16(19)23-17)13-6-11(4-5-14(13)18)20-7-12-8-22-15(27-3)9-21-12/h4-6,8-9,20H,7,10H2,1-3H3,(H2,19,23)/t17-/m0/s1. The molecule has 0 amide bonds. The maximum absolute atomic E-state index is 14.5. The summed E-state index contributed by atoms with van der Waals surface area (Å²) in [4.78, 5) is 12.5. The third kappa shape index (κ3) is 3.84. The average Bonchev–Trinajstić information content (AvgIpc) is 2.65. The number of hydrogen-bond donors (Lipinski definition) is 2. The normalized spacial score (nSPS) is 21.1. The van der Waals surface area contributed by atoms with Gasteiger partial charge in [0.1, 0.15) is 11.4 Å². The Labute approximate surface area is 162 Å². The van der Waals surface area contributed by atoms with Gasteiger partial charge in [0.15, 0.2) is 0 Å². The molecule has 2 aromatic rings. The molecule has 9 nitrogen and oxygen atoms in total. The molecule has 11 heteroatoms. The van der Waals surface area contributed by atoms with E-state index in [1.165, 1.54) is 32.5 Å². The van der Waals surface area contributed by atoms with Crippen molar-refractivity contribution < 1.29 is 17.5 Å². The van der Waals surface area contributed by atoms with Crippen LogP contribution in [0.5, 0.6) is 5.88 Å². The summed E-state index contributed by atoms with van der Waals surface area (Å²) in [7, 11) is -0.879. The molecule has 0 saturated heterocycles. The number of anilines is 1. The van der Waals surface area contributed by atoms with Gasteiger partial charge in [0.25, 0.3) is 0 Å². The van der Waals surface area contributed by atoms with Crippen LogP contribution in [0.2, 0.25) is 0 Å². The quantitative estimate of drug-likeness (QED) is 0.758. The highest BCUT2D eigenvalue weighted by atomic mass is 32.2. The van der Waals surface area contributed by atoms with Gasteiger partial charge in [-0.15, -0.1) is 0 Å². The fraction of sp³-hybridized carbons (Fsp3) is 0.353. The van der Waals surface area contributed by atoms with Crippen LogP contribution in [0.3, 0.4) is 0 Å². The van der Waals surface area contributed by atoms with Crippen LogP contribution in [0, 0.1) is 5.82 Å². The third-order valence-electron chi connectivity index (χ3n) is 4.48. The highest BCUT2D eigenvalue weighted by Gasteiger charge is 2.41. The number of hydrogen-bond acceptors (Lipinski definition) is 8. The molecule has 28 heavy (non-hydrogen) atoms. The van der Waals surface area contributed by atoms with Gasteiger partial charge in [-0.1, -0.05) is 0 Å². The Morgan fingerprint density at radius 3 is 2.71 bits per heavy atom. The van der Waals surface area contributed by atoms with Crippen LogP contribution in [-0.2, 0) is 22.1 Å². The van der Waals surface area contributed by atoms with Crippen LogP contribution >= 0.6 is 0 Å². The number of nitrogens with one attached hydrogen (secondary N) is 1. The van der Waals surface area contributed by atoms with Crippen LogP contribution < -0.4 is 15.8 Å². The fourth-order valence-electron chi connectivity index (χ4n) is 2.87. The number of sulfonamides is 1. The zero-order valence-electron chi connectivity index (χ0n) is 15.7. The molecule has 3 rings (SSSR count). The van der Waals surface area contributed by atoms with Gasteiger partial charge in [-0.2, -0.15) is 0 Å². The summed E-state index contributed by atoms with van der Waals surface area (Å²) in [6.07, 6.45) is 3.06. The number of ether oxygens (including phenoxy) is 1. The van der Waals surface area contributed by atoms with Gasteiger partial charge in [0.05, 0.1) is 37.5 Å². The topological polar surface area (TPSA) is 123 Å². The van der Waals surface area contributed by atoms with E-state index >= 15 is 0 Å². The second kappa shape index (κ2) is 7.23. The first-order valence-electron chi connectivity index (χ1n) is 8.35. The second-order valence-electron chi connectivity index (χ2n) is 6.57. The molecule has 150 valence electrons. The maximum atomic E-state index is 14.5. The lowest BCUT2D eigenvalue weighted by Gasteiger charge is -2.34. The van der Waals surface area contributed by atoms with Crippen molar-refractivity contribution >= 4 is 21.7 Å². The smallest absolute Gasteiger partial charge is 0.239 e. The largest absolute Gasteiger partial charge is 0.480 e. The number of benzene rings is 1. The first kappa shape index (κ1) is 19.8. The monoisotopic (exact) mass is 408 g/mol. The van der Waals surface area contributed by atoms with E-state index in [9.17, 15) is 12.8 Å². The Balaban J connectivity index is 1.87. The molecular formula is C17H21FN6O3S. The molecule has 0 saturated carbocycles. The number of guanidine groups is 1. The molecule has 0 spiro atoms. The lowest BCUT2D eigenvalue weighted by Crippen LogP contribution is -2.50. The first-order chi connectivity index (χ1) is 13.1. The summed E-state index contributed by atoms with van der Waals surface area (Å²) in [5.41, 5.74) is 5.79. The van der Waals surface area contributed by atoms with Crippen LogP contribution in [-0.4, -0.2) is 48.6 Å². The van der Waals surface area contributed by atoms with E-state index < -0.39 is 21.4 Å². The Kier molecular flexibility index (Phi) is 5.11. The average molecular weight is 408 g/mol. The summed E-state index contributed by atoms with van der Waals surface area (Å²) >= 11 is 0. The minimum atomic E-state index is -3.70. The van der Waals surface area contributed by atoms with Crippen molar-refractivity contribution in [3.63, 3.8) is 0 Å². The SMILES string of the molecule is COc1cnc(CNc2ccc(F)c([C@]3(C)CS(=O)(=O)N(C)C(N)=N3)c2)cn1. The molecule has 0 radical (unpaired) electrons. The predicted octanol–water partition coefficient (Wildman–Crippen LogP) is 1.04. The van der Waals surface area contributed by atoms with Crippen LogP contribution in [0.15, 0.2) is 35.6 Å². The summed E-state index contributed by atoms with van der Waals surface area (Å²) < 4.78 is 45.1. The van der Waals surface area contributed by atoms with Gasteiger partial charge in [-0.3, -0.25) is 4.98 Å². The first-order valence-corrected chi connectivity index (χ1v) is 9.96. The van der Waals surface area contributed by atoms with Gasteiger partial charge in [0, 0.05) is 18.3 Å². The van der Waals surface area contributed by atoms with Crippen LogP contribution in [0.25, 0.3) is 0 Å². The predicted molar refractivity (Wildman–Crippen MR) is 103 cm³/mol. The Bertz CT molecular complexity index is 1010. The number of methoxy groups -OCH3 is 1. The molecule has 0 bridgehead atoms. The van der Waals surface area contributed by atoms with E-state index in [1.54, 1.807) is 19.2 Å². The van der Waals surface area contributed by atoms with Gasteiger partial charge >= 0.3 is 0 Å². The number of halogens is 1. The van der Waals surface area contributed by atoms with Crippen LogP contribution in [0.4, 0.5) is 10.1 Å². The molecule has 3 N–H and O–H groups in total. The van der Waals surface area contributed by atoms with Crippen molar-refractivity contribution in [2.24, 2.45) is 10.7 Å². The number of aromatic nitrogens is 2. The minimum absolute atomic E-state index is 0.137. The molecule has 2 heterocycles. The number of aliphatic imine (C=N–C) groups is 1. The zero-order chi connectivity index (χ0) is 20.5. The van der Waals surface area contributed by atoms with Crippen molar-refractivity contribution in [1.29, 1.82) is 0 Å². The van der Waals surface area contributed by atoms with Crippen molar-refractivity contribution in [2.45, 2.75) is 19.0 Å². The summed E-state index contributed by atoms with van der Waals surface area (Å²) in [5.74, 6) is -0.727. The van der Waals surface area contributed by atoms with E-state index in [4.69, 9.17) is 10.5 Å². The number of rotatable bonds is 5. The summed E-state index contributed by atoms with van der Waals surface area (Å²) in [6.45, 7) is 1.88. The fourth-order valence-corrected chi connectivity index (χ4v) is 4.32. The molecule has 0 aliphatic carbocycles. The lowest BCUT2D eigenvalue weighted by atomic mass is 9.93. The van der Waals surface area contributed by atoms with Gasteiger partial charge in [-0.25, -0.2) is 27.1 Å². The Hall–Kier alpha value is -2.95. The lowest BCUT2D eigenvalue weighted by molar-refractivity contribution is 0.395. The third-order valence-corrected chi connectivity index (χ3v) is 6.42. The van der Waals surface area contributed by atoms with Gasteiger partial charge in [-0.05, 0) is 25.1 Å². The van der Waals surface area contributed by atoms with Crippen LogP contribution in [0.1, 0.15) is 18.2 Å². The number of nitrogens with zero attached hydrogens (tertiary/aromatic N) is 4. The van der Waals surface area contributed by atoms with E-state index in [0.29, 0.717) is 23.8 Å². The second-order valence-corrected chi connectivity index (χ2v) is 8.57. The van der Waals surface area contributed by atoms with E-state index in [0.717, 1.165) is 4.31 Å². The zero-order valence-corrected chi connectivity index (χ0v) is 16.5. The Morgan fingerprint density at radius 1 is 1.36 bits per heavy atom. The maximum Gasteiger partial charge on any atom is 0.239 e. The Morgan fingerprint density at radius 2 is 2.11 bits per heavy atom. The van der Waals surface area contributed by atoms with E-state index in [2.05, 4.69) is 20.3 Å². The molecule has 1 aromatic carbocycles. The molecule has 1 aliphatic rings. The summed E-state index contributed by atoms with van der Waals surface area (Å²) in [5, 5.41) is 3.11. The van der Waals surface area contributed by atoms with Gasteiger partial charge in [0.2, 0.25) is 21.9 Å². The van der Waals surface area contributed by atoms with E-state index in [-0.39, 0.29) is 17.3 Å². The molecule has 0 fully saturated rings. The highest BCUT2D eigenvalue weighted by molar-refractivity contribution is 7.89. The molecule has 1 aliphatic heterocycles. The highest BCUT2D eigenvalue weighted by Crippen LogP contribution is 2.34. The van der Waals surface area contributed by atoms with E-state index in [1.807, 2.05) is 0 Å². The van der Waals surface area contributed by atoms with Crippen molar-refractivity contribution in [1.82, 2.24) is 14.3 Å². The van der Waals surface area contributed by atoms with Gasteiger partial charge < -0.3 is 15.8 Å². The molecule has 1 atom stereocenters. The minimum Gasteiger partial charge on any atom is -0.480 e. The van der Waals surface area contributed by atoms with Crippen molar-refractivity contribution in [3.05, 3.63) is 47.7 Å². The summed E-state index contributed by atoms with van der Waals surface area (Å²) in [6, 6.07) is 4.35. The van der Waals surface area contributed by atoms with Crippen molar-refractivity contribution in [2.75, 3.05) is 25.2 Å². The molecule has 0 unspecified atom stereocenters. The van der Waals surface area contributed by atoms with Crippen molar-refractivity contribution in [3.8, 4) is 5.88 Å². The molecular weight excluding hydrogens is 387 g/mol. The molecule has 1 aromatic heterocycles.